The van der Waals surface area contributed by atoms with Crippen molar-refractivity contribution < 1.29 is 13.6 Å². The molecule has 0 amide bonds. The van der Waals surface area contributed by atoms with Gasteiger partial charge in [0.2, 0.25) is 0 Å². The van der Waals surface area contributed by atoms with Crippen molar-refractivity contribution in [2.75, 3.05) is 20.8 Å². The Morgan fingerprint density at radius 3 is 2.40 bits per heavy atom. The largest absolute Gasteiger partial charge is 0.408 e. The molecule has 1 aromatic rings. The number of nitrogens with zero attached hydrogens (tertiary/aromatic N) is 1. The lowest BCUT2D eigenvalue weighted by Crippen LogP contribution is -2.00. The fourth-order valence-electron chi connectivity index (χ4n) is 1.64. The van der Waals surface area contributed by atoms with Crippen LogP contribution in [0.2, 0.25) is 0 Å². The van der Waals surface area contributed by atoms with Crippen molar-refractivity contribution in [2.45, 2.75) is 6.04 Å². The van der Waals surface area contributed by atoms with E-state index in [1.807, 2.05) is 30.3 Å². The third-order valence-corrected chi connectivity index (χ3v) is 4.54. The molecule has 15 heavy (non-hydrogen) atoms. The van der Waals surface area contributed by atoms with Crippen LogP contribution in [0, 0.1) is 0 Å². The molecule has 0 N–H and O–H groups in total. The van der Waals surface area contributed by atoms with Crippen LogP contribution in [0.4, 0.5) is 0 Å². The summed E-state index contributed by atoms with van der Waals surface area (Å²) in [7, 11) is -0.215. The fraction of sp³-hybridized carbons (Fsp3) is 0.400. The van der Waals surface area contributed by atoms with Gasteiger partial charge < -0.3 is 0 Å². The van der Waals surface area contributed by atoms with Gasteiger partial charge in [-0.15, -0.1) is 0 Å². The average Bonchev–Trinajstić information content (AvgIpc) is 3.10. The maximum atomic E-state index is 12.0. The SMILES string of the molecule is COP(=O)(OC)N1C[C@@H]1c1ccccc1. The van der Waals surface area contributed by atoms with Crippen LogP contribution in [-0.4, -0.2) is 25.4 Å². The number of benzene rings is 1. The highest BCUT2D eigenvalue weighted by atomic mass is 31.2. The fourth-order valence-corrected chi connectivity index (χ4v) is 3.04. The Bertz CT molecular complexity index is 374. The van der Waals surface area contributed by atoms with Gasteiger partial charge in [0.1, 0.15) is 0 Å². The summed E-state index contributed by atoms with van der Waals surface area (Å²) in [6.45, 7) is 0.725. The normalized spacial score (nSPS) is 25.2. The molecule has 0 spiro atoms. The van der Waals surface area contributed by atoms with Gasteiger partial charge in [0.15, 0.2) is 0 Å². The lowest BCUT2D eigenvalue weighted by molar-refractivity contribution is 0.245. The third kappa shape index (κ3) is 1.99. The van der Waals surface area contributed by atoms with Gasteiger partial charge in [0.05, 0.1) is 6.04 Å². The Hall–Kier alpha value is -0.670. The van der Waals surface area contributed by atoms with Gasteiger partial charge in [-0.1, -0.05) is 30.3 Å². The van der Waals surface area contributed by atoms with Gasteiger partial charge in [0, 0.05) is 20.8 Å². The topological polar surface area (TPSA) is 38.5 Å². The van der Waals surface area contributed by atoms with Crippen molar-refractivity contribution in [1.82, 2.24) is 4.67 Å². The summed E-state index contributed by atoms with van der Waals surface area (Å²) in [5.41, 5.74) is 1.15. The van der Waals surface area contributed by atoms with E-state index in [0.29, 0.717) is 0 Å². The second-order valence-electron chi connectivity index (χ2n) is 3.38. The van der Waals surface area contributed by atoms with Crippen molar-refractivity contribution in [3.63, 3.8) is 0 Å². The zero-order chi connectivity index (χ0) is 10.9. The molecule has 0 saturated carbocycles. The summed E-state index contributed by atoms with van der Waals surface area (Å²) in [4.78, 5) is 0. The molecule has 5 heteroatoms. The molecule has 2 atom stereocenters. The first-order valence-corrected chi connectivity index (χ1v) is 6.24. The van der Waals surface area contributed by atoms with Crippen LogP contribution in [-0.2, 0) is 13.6 Å². The zero-order valence-electron chi connectivity index (χ0n) is 8.79. The maximum Gasteiger partial charge on any atom is 0.408 e. The Balaban J connectivity index is 2.11. The molecular weight excluding hydrogens is 213 g/mol. The second-order valence-corrected chi connectivity index (χ2v) is 5.56. The van der Waals surface area contributed by atoms with Crippen LogP contribution in [0.3, 0.4) is 0 Å². The standard InChI is InChI=1S/C10H14NO3P/c1-13-15(12,14-2)11-8-10(11)9-6-4-3-5-7-9/h3-7,10H,8H2,1-2H3/t10-,11?/m1/s1. The lowest BCUT2D eigenvalue weighted by atomic mass is 10.2. The Morgan fingerprint density at radius 1 is 1.27 bits per heavy atom. The van der Waals surface area contributed by atoms with Crippen molar-refractivity contribution >= 4 is 7.75 Å². The minimum Gasteiger partial charge on any atom is -0.300 e. The third-order valence-electron chi connectivity index (χ3n) is 2.55. The minimum absolute atomic E-state index is 0.164. The van der Waals surface area contributed by atoms with Crippen molar-refractivity contribution in [2.24, 2.45) is 0 Å². The smallest absolute Gasteiger partial charge is 0.300 e. The summed E-state index contributed by atoms with van der Waals surface area (Å²) in [5, 5.41) is 0. The van der Waals surface area contributed by atoms with E-state index >= 15 is 0 Å². The number of rotatable bonds is 4. The molecule has 0 bridgehead atoms. The van der Waals surface area contributed by atoms with Crippen LogP contribution in [0.5, 0.6) is 0 Å². The predicted molar refractivity (Wildman–Crippen MR) is 57.5 cm³/mol. The summed E-state index contributed by atoms with van der Waals surface area (Å²) >= 11 is 0. The van der Waals surface area contributed by atoms with Gasteiger partial charge in [-0.3, -0.25) is 9.05 Å². The highest BCUT2D eigenvalue weighted by Gasteiger charge is 2.49. The molecule has 1 heterocycles. The molecule has 0 aliphatic carbocycles. The van der Waals surface area contributed by atoms with Crippen molar-refractivity contribution in [3.8, 4) is 0 Å². The molecule has 0 radical (unpaired) electrons. The highest BCUT2D eigenvalue weighted by molar-refractivity contribution is 7.51. The zero-order valence-corrected chi connectivity index (χ0v) is 9.68. The van der Waals surface area contributed by atoms with E-state index in [1.165, 1.54) is 14.2 Å². The van der Waals surface area contributed by atoms with Gasteiger partial charge in [-0.05, 0) is 5.56 Å². The van der Waals surface area contributed by atoms with Gasteiger partial charge in [-0.2, -0.15) is 4.67 Å². The molecule has 4 nitrogen and oxygen atoms in total. The first-order valence-electron chi connectivity index (χ1n) is 4.75. The summed E-state index contributed by atoms with van der Waals surface area (Å²) in [6.07, 6.45) is 0. The van der Waals surface area contributed by atoms with Crippen LogP contribution < -0.4 is 0 Å². The summed E-state index contributed by atoms with van der Waals surface area (Å²) < 4.78 is 23.6. The summed E-state index contributed by atoms with van der Waals surface area (Å²) in [6, 6.07) is 10.1. The van der Waals surface area contributed by atoms with E-state index in [0.717, 1.165) is 12.1 Å². The monoisotopic (exact) mass is 227 g/mol. The van der Waals surface area contributed by atoms with Crippen molar-refractivity contribution in [3.05, 3.63) is 35.9 Å². The van der Waals surface area contributed by atoms with E-state index in [-0.39, 0.29) is 6.04 Å². The van der Waals surface area contributed by atoms with E-state index in [2.05, 4.69) is 0 Å². The molecule has 1 unspecified atom stereocenters. The van der Waals surface area contributed by atoms with Gasteiger partial charge in [-0.25, -0.2) is 4.57 Å². The molecular formula is C10H14NO3P. The molecule has 1 aliphatic heterocycles. The molecule has 1 saturated heterocycles. The first-order chi connectivity index (χ1) is 7.21. The van der Waals surface area contributed by atoms with E-state index in [1.54, 1.807) is 4.67 Å². The maximum absolute atomic E-state index is 12.0. The minimum atomic E-state index is -3.03. The van der Waals surface area contributed by atoms with E-state index in [9.17, 15) is 4.57 Å². The lowest BCUT2D eigenvalue weighted by Gasteiger charge is -2.14. The molecule has 1 aromatic carbocycles. The van der Waals surface area contributed by atoms with Crippen LogP contribution >= 0.6 is 7.75 Å². The first kappa shape index (κ1) is 10.8. The molecule has 1 aliphatic rings. The Morgan fingerprint density at radius 2 is 1.87 bits per heavy atom. The Kier molecular flexibility index (Phi) is 2.94. The highest BCUT2D eigenvalue weighted by Crippen LogP contribution is 2.62. The second kappa shape index (κ2) is 4.06. The molecule has 82 valence electrons. The number of hydrogen-bond acceptors (Lipinski definition) is 3. The molecule has 1 fully saturated rings. The number of hydrogen-bond donors (Lipinski definition) is 0. The van der Waals surface area contributed by atoms with Crippen LogP contribution in [0.15, 0.2) is 30.3 Å². The summed E-state index contributed by atoms with van der Waals surface area (Å²) in [5.74, 6) is 0. The van der Waals surface area contributed by atoms with Crippen LogP contribution in [0.1, 0.15) is 11.6 Å². The van der Waals surface area contributed by atoms with E-state index < -0.39 is 7.75 Å². The Labute approximate surface area is 89.4 Å². The average molecular weight is 227 g/mol. The van der Waals surface area contributed by atoms with Gasteiger partial charge >= 0.3 is 7.75 Å². The predicted octanol–water partition coefficient (Wildman–Crippen LogP) is 2.44. The van der Waals surface area contributed by atoms with E-state index in [4.69, 9.17) is 9.05 Å². The van der Waals surface area contributed by atoms with Crippen molar-refractivity contribution in [1.29, 1.82) is 0 Å². The molecule has 0 aromatic heterocycles. The quantitative estimate of drug-likeness (QED) is 0.585. The van der Waals surface area contributed by atoms with Crippen LogP contribution in [0.25, 0.3) is 0 Å². The molecule has 2 rings (SSSR count). The van der Waals surface area contributed by atoms with Gasteiger partial charge in [0.25, 0.3) is 0 Å².